The van der Waals surface area contributed by atoms with E-state index in [4.69, 9.17) is 27.9 Å². The molecular weight excluding hydrogens is 1370 g/mol. The molecule has 0 aromatic carbocycles. The predicted molar refractivity (Wildman–Crippen MR) is 377 cm³/mol. The monoisotopic (exact) mass is 1480 g/mol. The van der Waals surface area contributed by atoms with Crippen molar-refractivity contribution in [1.82, 2.24) is 60.0 Å². The number of nitrogens with zero attached hydrogens (tertiary/aromatic N) is 9. The molecule has 0 aromatic rings. The molecule has 3 unspecified atom stereocenters. The predicted octanol–water partition coefficient (Wildman–Crippen LogP) is 5.69. The van der Waals surface area contributed by atoms with Crippen molar-refractivity contribution in [3.63, 3.8) is 0 Å². The van der Waals surface area contributed by atoms with E-state index in [-0.39, 0.29) is 107 Å². The van der Waals surface area contributed by atoms with Crippen LogP contribution in [0.25, 0.3) is 0 Å². The molecule has 3 saturated heterocycles. The summed E-state index contributed by atoms with van der Waals surface area (Å²) in [4.78, 5) is 191. The van der Waals surface area contributed by atoms with Crippen LogP contribution in [0.3, 0.4) is 0 Å². The van der Waals surface area contributed by atoms with E-state index in [9.17, 15) is 41.9 Å². The fraction of sp³-hybridized carbons (Fsp3) is 0.833. The topological polar surface area (TPSA) is 279 Å². The van der Waals surface area contributed by atoms with Crippen LogP contribution in [0.15, 0.2) is 0 Å². The first-order valence-corrected chi connectivity index (χ1v) is 38.2. The van der Waals surface area contributed by atoms with Gasteiger partial charge in [0.2, 0.25) is 70.9 Å². The number of carbonyl (C=O) groups is 12. The van der Waals surface area contributed by atoms with Crippen LogP contribution in [0.1, 0.15) is 188 Å². The van der Waals surface area contributed by atoms with Crippen LogP contribution in [0.5, 0.6) is 0 Å². The molecule has 4 aliphatic carbocycles. The molecule has 13 atom stereocenters. The van der Waals surface area contributed by atoms with Gasteiger partial charge in [0.05, 0.1) is 36.9 Å². The average Bonchev–Trinajstić information content (AvgIpc) is 0.886. The second kappa shape index (κ2) is 36.8. The van der Waals surface area contributed by atoms with Gasteiger partial charge in [0.15, 0.2) is 0 Å². The van der Waals surface area contributed by atoms with Crippen LogP contribution < -0.4 is 16.0 Å². The first-order chi connectivity index (χ1) is 48.1. The van der Waals surface area contributed by atoms with E-state index in [0.29, 0.717) is 70.6 Å². The van der Waals surface area contributed by atoms with Gasteiger partial charge in [-0.1, -0.05) is 52.9 Å². The van der Waals surface area contributed by atoms with Gasteiger partial charge < -0.3 is 64.8 Å². The number of nitrogens with one attached hydrogen (secondary N) is 3. The van der Waals surface area contributed by atoms with Gasteiger partial charge in [0, 0.05) is 87.9 Å². The Morgan fingerprint density at radius 1 is 0.627 bits per heavy atom. The molecule has 7 fully saturated rings. The molecule has 12 amide bonds. The number of hydrogen-bond donors (Lipinski definition) is 3. The zero-order valence-corrected chi connectivity index (χ0v) is 63.7. The number of hydrogen-bond acceptors (Lipinski definition) is 13. The van der Waals surface area contributed by atoms with Crippen LogP contribution in [0.2, 0.25) is 0 Å². The number of halogens is 5. The fourth-order valence-corrected chi connectivity index (χ4v) is 17.2. The smallest absolute Gasteiger partial charge is 0.377 e. The van der Waals surface area contributed by atoms with Crippen molar-refractivity contribution in [1.29, 1.82) is 0 Å². The number of rotatable bonds is 12. The lowest BCUT2D eigenvalue weighted by molar-refractivity contribution is -0.184. The molecule has 7 aliphatic rings. The minimum absolute atomic E-state index is 0.0124. The third kappa shape index (κ3) is 20.1. The van der Waals surface area contributed by atoms with Crippen LogP contribution in [0.4, 0.5) is 13.2 Å². The first kappa shape index (κ1) is 83.2. The molecule has 2 bridgehead atoms. The van der Waals surface area contributed by atoms with E-state index in [1.807, 2.05) is 6.92 Å². The highest BCUT2D eigenvalue weighted by Crippen LogP contribution is 2.43. The lowest BCUT2D eigenvalue weighted by Gasteiger charge is -2.46. The lowest BCUT2D eigenvalue weighted by atomic mass is 9.74. The lowest BCUT2D eigenvalue weighted by Crippen LogP contribution is -2.68. The molecule has 4 saturated carbocycles. The van der Waals surface area contributed by atoms with Crippen molar-refractivity contribution in [2.45, 2.75) is 265 Å². The number of likely N-dealkylation sites (N-methyl/N-ethyl adjacent to an activating group) is 7. The van der Waals surface area contributed by atoms with E-state index < -0.39 is 180 Å². The van der Waals surface area contributed by atoms with Crippen molar-refractivity contribution in [2.24, 2.45) is 29.6 Å². The van der Waals surface area contributed by atoms with E-state index in [1.165, 1.54) is 90.7 Å². The Kier molecular flexibility index (Phi) is 30.0. The first-order valence-electron chi connectivity index (χ1n) is 37.3. The maximum atomic E-state index is 15.5. The second-order valence-corrected chi connectivity index (χ2v) is 31.7. The molecule has 576 valence electrons. The summed E-state index contributed by atoms with van der Waals surface area (Å²) in [5, 5.41) is 8.17. The normalized spacial score (nSPS) is 32.0. The molecule has 25 nitrogen and oxygen atoms in total. The summed E-state index contributed by atoms with van der Waals surface area (Å²) in [6, 6.07) is -10.1. The van der Waals surface area contributed by atoms with Crippen molar-refractivity contribution < 1.29 is 75.4 Å². The Labute approximate surface area is 610 Å². The van der Waals surface area contributed by atoms with Crippen LogP contribution in [-0.4, -0.2) is 281 Å². The van der Waals surface area contributed by atoms with E-state index in [0.717, 1.165) is 22.6 Å². The highest BCUT2D eigenvalue weighted by Gasteiger charge is 2.54. The maximum Gasteiger partial charge on any atom is 0.391 e. The van der Waals surface area contributed by atoms with Gasteiger partial charge >= 0.3 is 6.18 Å². The Morgan fingerprint density at radius 3 is 1.85 bits per heavy atom. The molecule has 30 heteroatoms. The van der Waals surface area contributed by atoms with Crippen LogP contribution in [0, 0.1) is 29.6 Å². The quantitative estimate of drug-likeness (QED) is 0.198. The minimum atomic E-state index is -4.43. The maximum absolute atomic E-state index is 15.5. The third-order valence-corrected chi connectivity index (χ3v) is 24.6. The number of ether oxygens (including phenoxy) is 1. The summed E-state index contributed by atoms with van der Waals surface area (Å²) in [5.74, 6) is -10.9. The van der Waals surface area contributed by atoms with Gasteiger partial charge in [0.1, 0.15) is 53.9 Å². The highest BCUT2D eigenvalue weighted by molar-refractivity contribution is 6.30. The number of fused-ring (bicyclic) bond motifs is 3. The highest BCUT2D eigenvalue weighted by atomic mass is 35.5. The summed E-state index contributed by atoms with van der Waals surface area (Å²) in [6.07, 6.45) is 1.88. The van der Waals surface area contributed by atoms with Crippen molar-refractivity contribution in [3.05, 3.63) is 0 Å². The van der Waals surface area contributed by atoms with Crippen LogP contribution in [-0.2, 0) is 62.3 Å². The standard InChI is InChI=1S/C72H115Cl2F3N12O13/c1-13-43(4)60-68(99)83(8)42-59(92)85(10)53-24-17-16-20-35-88(67(53)98)56(37-45-25-29-47(30-26-45)72(75,76)77)66(97)82(7)41-57(90)78-51(32-28-44-27-31-49(73)50(74)36-44)64(95)89-40-48(102-15-3)38-54(89)63(94)80-71(33-21-34-71)70(101)87(12)61(46-22-18-19-23-46)69(100)86(11)55(65(96)81(5)6)39-58(91)84(9)52(14-2)62(93)79-60/h43-56,60-61H,13-42H2,1-12H3,(H,78,90)(H,79,93)(H,80,94)/t43-,44?,45?,47?,48+,49?,50?,51-,52-,53-,54-,55-,56-,60-,61-/m0/s1. The molecule has 3 heterocycles. The molecular formula is C72H115Cl2F3N12O13. The van der Waals surface area contributed by atoms with E-state index in [1.54, 1.807) is 20.8 Å². The van der Waals surface area contributed by atoms with Crippen molar-refractivity contribution in [3.8, 4) is 0 Å². The summed E-state index contributed by atoms with van der Waals surface area (Å²) in [6.45, 7) is 5.95. The van der Waals surface area contributed by atoms with Gasteiger partial charge in [-0.05, 0) is 146 Å². The molecule has 0 radical (unpaired) electrons. The zero-order chi connectivity index (χ0) is 75.4. The third-order valence-electron chi connectivity index (χ3n) is 23.4. The molecule has 3 N–H and O–H groups in total. The fourth-order valence-electron chi connectivity index (χ4n) is 16.6. The SMILES string of the molecule is CCO[C@@H]1C[C@H]2C(=O)NC3(CCC3)C(=O)N(C)[C@@H](C3CCCC3)C(=O)N(C)[C@H](C(=O)N(C)C)CC(=O)N(C)[C@@H](CC)C(=O)N[C@@H]([C@@H](C)CC)C(=O)N(C)CC(=O)N(C)[C@H]3CCCCCN(C3=O)[C@@H](CC3CCC(C(F)(F)F)CC3)C(=O)N(C)CC(=O)N[C@@H](CCC3CCC(Cl)C(Cl)C3)C(=O)N2C1. The largest absolute Gasteiger partial charge is 0.391 e. The summed E-state index contributed by atoms with van der Waals surface area (Å²) >= 11 is 13.3. The van der Waals surface area contributed by atoms with E-state index >= 15 is 28.8 Å². The van der Waals surface area contributed by atoms with Gasteiger partial charge in [0.25, 0.3) is 0 Å². The van der Waals surface area contributed by atoms with Crippen molar-refractivity contribution >= 4 is 94.1 Å². The van der Waals surface area contributed by atoms with Gasteiger partial charge in [-0.2, -0.15) is 13.2 Å². The second-order valence-electron chi connectivity index (χ2n) is 30.6. The summed E-state index contributed by atoms with van der Waals surface area (Å²) in [5.41, 5.74) is -1.55. The van der Waals surface area contributed by atoms with E-state index in [2.05, 4.69) is 16.0 Å². The van der Waals surface area contributed by atoms with Gasteiger partial charge in [-0.3, -0.25) is 57.5 Å². The van der Waals surface area contributed by atoms with Gasteiger partial charge in [-0.25, -0.2) is 0 Å². The molecule has 102 heavy (non-hydrogen) atoms. The average molecular weight is 1480 g/mol. The molecule has 7 rings (SSSR count). The zero-order valence-electron chi connectivity index (χ0n) is 62.2. The van der Waals surface area contributed by atoms with Crippen molar-refractivity contribution in [2.75, 3.05) is 89.2 Å². The van der Waals surface area contributed by atoms with Crippen LogP contribution >= 0.6 is 23.2 Å². The van der Waals surface area contributed by atoms with Gasteiger partial charge in [-0.15, -0.1) is 23.2 Å². The minimum Gasteiger partial charge on any atom is -0.377 e. The molecule has 3 aliphatic heterocycles. The molecule has 0 aromatic heterocycles. The molecule has 1 spiro atoms. The Hall–Kier alpha value is -6.03. The Balaban J connectivity index is 1.30. The number of carbonyl (C=O) groups excluding carboxylic acids is 12. The summed E-state index contributed by atoms with van der Waals surface area (Å²) in [7, 11) is 11.4. The Morgan fingerprint density at radius 2 is 1.26 bits per heavy atom. The Bertz CT molecular complexity index is 2990. The number of amides is 12. The summed E-state index contributed by atoms with van der Waals surface area (Å²) < 4.78 is 48.4. The number of alkyl halides is 5.